The van der Waals surface area contributed by atoms with E-state index in [-0.39, 0.29) is 11.6 Å². The number of carbonyl (C=O) groups excluding carboxylic acids is 1. The normalized spacial score (nSPS) is 19.3. The molecule has 2 amide bonds. The molecule has 21 heavy (non-hydrogen) atoms. The first-order valence-electron chi connectivity index (χ1n) is 7.17. The van der Waals surface area contributed by atoms with Crippen LogP contribution in [-0.2, 0) is 4.74 Å². The highest BCUT2D eigenvalue weighted by molar-refractivity contribution is 5.74. The van der Waals surface area contributed by atoms with Crippen LogP contribution >= 0.6 is 0 Å². The minimum atomic E-state index is -0.555. The van der Waals surface area contributed by atoms with Crippen LogP contribution in [0.2, 0.25) is 0 Å². The molecule has 2 atom stereocenters. The fraction of sp³-hybridized carbons (Fsp3) is 0.533. The Morgan fingerprint density at radius 3 is 2.95 bits per heavy atom. The van der Waals surface area contributed by atoms with Gasteiger partial charge in [-0.3, -0.25) is 0 Å². The van der Waals surface area contributed by atoms with Crippen LogP contribution in [0.15, 0.2) is 18.2 Å². The second kappa shape index (κ2) is 7.36. The number of benzene rings is 1. The molecule has 0 saturated carbocycles. The summed E-state index contributed by atoms with van der Waals surface area (Å²) >= 11 is 0. The summed E-state index contributed by atoms with van der Waals surface area (Å²) in [5.74, 6) is -0.718. The summed E-state index contributed by atoms with van der Waals surface area (Å²) in [5.41, 5.74) is 0.164. The highest BCUT2D eigenvalue weighted by Gasteiger charge is 2.19. The van der Waals surface area contributed by atoms with Crippen LogP contribution in [0.1, 0.15) is 31.4 Å². The molecule has 1 aliphatic heterocycles. The fourth-order valence-electron chi connectivity index (χ4n) is 2.37. The van der Waals surface area contributed by atoms with Crippen LogP contribution < -0.4 is 10.6 Å². The largest absolute Gasteiger partial charge is 0.381 e. The van der Waals surface area contributed by atoms with Crippen LogP contribution in [-0.4, -0.2) is 25.8 Å². The highest BCUT2D eigenvalue weighted by Crippen LogP contribution is 2.21. The summed E-state index contributed by atoms with van der Waals surface area (Å²) in [7, 11) is 0. The van der Waals surface area contributed by atoms with Crippen molar-refractivity contribution in [3.8, 4) is 0 Å². The molecule has 116 valence electrons. The van der Waals surface area contributed by atoms with Gasteiger partial charge in [0.2, 0.25) is 0 Å². The maximum Gasteiger partial charge on any atom is 0.315 e. The van der Waals surface area contributed by atoms with Crippen molar-refractivity contribution < 1.29 is 18.3 Å². The molecular weight excluding hydrogens is 278 g/mol. The van der Waals surface area contributed by atoms with E-state index in [0.29, 0.717) is 25.5 Å². The average molecular weight is 298 g/mol. The minimum absolute atomic E-state index is 0.164. The Morgan fingerprint density at radius 1 is 1.48 bits per heavy atom. The molecule has 0 aromatic heterocycles. The number of rotatable bonds is 5. The van der Waals surface area contributed by atoms with E-state index in [9.17, 15) is 13.6 Å². The van der Waals surface area contributed by atoms with E-state index < -0.39 is 17.7 Å². The Morgan fingerprint density at radius 2 is 2.29 bits per heavy atom. The first-order valence-corrected chi connectivity index (χ1v) is 7.17. The van der Waals surface area contributed by atoms with E-state index in [4.69, 9.17) is 4.74 Å². The number of carbonyl (C=O) groups is 1. The first kappa shape index (κ1) is 15.7. The maximum atomic E-state index is 13.7. The van der Waals surface area contributed by atoms with Gasteiger partial charge in [-0.25, -0.2) is 13.6 Å². The second-order valence-electron chi connectivity index (χ2n) is 5.21. The van der Waals surface area contributed by atoms with E-state index in [0.717, 1.165) is 31.2 Å². The molecule has 1 fully saturated rings. The fourth-order valence-corrected chi connectivity index (χ4v) is 2.37. The number of hydrogen-bond acceptors (Lipinski definition) is 2. The van der Waals surface area contributed by atoms with Gasteiger partial charge in [-0.2, -0.15) is 0 Å². The summed E-state index contributed by atoms with van der Waals surface area (Å²) in [6.07, 6.45) is 1.40. The van der Waals surface area contributed by atoms with Crippen LogP contribution in [0.3, 0.4) is 0 Å². The Hall–Kier alpha value is -1.69. The number of nitrogens with one attached hydrogen (secondary N) is 2. The van der Waals surface area contributed by atoms with Crippen molar-refractivity contribution in [3.05, 3.63) is 35.4 Å². The summed E-state index contributed by atoms with van der Waals surface area (Å²) in [5, 5.41) is 5.42. The van der Waals surface area contributed by atoms with Crippen molar-refractivity contribution in [2.24, 2.45) is 5.92 Å². The lowest BCUT2D eigenvalue weighted by Crippen LogP contribution is -2.40. The standard InChI is InChI=1S/C15H20F2N2O2/c1-2-14(12-7-11(16)3-4-13(12)17)19-15(20)18-8-10-5-6-21-9-10/h3-4,7,10,14H,2,5-6,8-9H2,1H3,(H2,18,19,20)/t10-,14+/m1/s1. The van der Waals surface area contributed by atoms with Crippen molar-refractivity contribution in [1.29, 1.82) is 0 Å². The lowest BCUT2D eigenvalue weighted by atomic mass is 10.0. The van der Waals surface area contributed by atoms with Crippen molar-refractivity contribution in [2.75, 3.05) is 19.8 Å². The molecular formula is C15H20F2N2O2. The Labute approximate surface area is 122 Å². The van der Waals surface area contributed by atoms with Gasteiger partial charge in [0, 0.05) is 24.6 Å². The van der Waals surface area contributed by atoms with Crippen molar-refractivity contribution >= 4 is 6.03 Å². The molecule has 1 aromatic rings. The zero-order valence-corrected chi connectivity index (χ0v) is 12.0. The molecule has 1 aromatic carbocycles. The lowest BCUT2D eigenvalue weighted by molar-refractivity contribution is 0.185. The zero-order valence-electron chi connectivity index (χ0n) is 12.0. The summed E-state index contributed by atoms with van der Waals surface area (Å²) in [6.45, 7) is 3.70. The van der Waals surface area contributed by atoms with Gasteiger partial charge in [0.1, 0.15) is 11.6 Å². The van der Waals surface area contributed by atoms with E-state index in [2.05, 4.69) is 10.6 Å². The van der Waals surface area contributed by atoms with Gasteiger partial charge in [0.05, 0.1) is 12.6 Å². The molecule has 1 heterocycles. The predicted octanol–water partition coefficient (Wildman–Crippen LogP) is 2.75. The van der Waals surface area contributed by atoms with Crippen molar-refractivity contribution in [1.82, 2.24) is 10.6 Å². The number of amides is 2. The van der Waals surface area contributed by atoms with Gasteiger partial charge >= 0.3 is 6.03 Å². The minimum Gasteiger partial charge on any atom is -0.381 e. The SMILES string of the molecule is CC[C@H](NC(=O)NC[C@H]1CCOC1)c1cc(F)ccc1F. The molecule has 1 saturated heterocycles. The average Bonchev–Trinajstić information content (AvgIpc) is 2.98. The molecule has 2 N–H and O–H groups in total. The van der Waals surface area contributed by atoms with Crippen molar-refractivity contribution in [3.63, 3.8) is 0 Å². The Kier molecular flexibility index (Phi) is 5.50. The van der Waals surface area contributed by atoms with E-state index in [1.165, 1.54) is 0 Å². The van der Waals surface area contributed by atoms with E-state index in [1.807, 2.05) is 0 Å². The van der Waals surface area contributed by atoms with Gasteiger partial charge in [0.25, 0.3) is 0 Å². The lowest BCUT2D eigenvalue weighted by Gasteiger charge is -2.19. The summed E-state index contributed by atoms with van der Waals surface area (Å²) in [6, 6.07) is 2.32. The highest BCUT2D eigenvalue weighted by atomic mass is 19.1. The second-order valence-corrected chi connectivity index (χ2v) is 5.21. The molecule has 0 unspecified atom stereocenters. The monoisotopic (exact) mass is 298 g/mol. The van der Waals surface area contributed by atoms with Gasteiger partial charge in [0.15, 0.2) is 0 Å². The maximum absolute atomic E-state index is 13.7. The molecule has 0 spiro atoms. The summed E-state index contributed by atoms with van der Waals surface area (Å²) in [4.78, 5) is 11.9. The van der Waals surface area contributed by atoms with Gasteiger partial charge < -0.3 is 15.4 Å². The number of hydrogen-bond donors (Lipinski definition) is 2. The first-order chi connectivity index (χ1) is 10.1. The quantitative estimate of drug-likeness (QED) is 0.878. The van der Waals surface area contributed by atoms with Crippen molar-refractivity contribution in [2.45, 2.75) is 25.8 Å². The molecule has 1 aliphatic rings. The van der Waals surface area contributed by atoms with Gasteiger partial charge in [-0.15, -0.1) is 0 Å². The van der Waals surface area contributed by atoms with Gasteiger partial charge in [-0.1, -0.05) is 6.92 Å². The molecule has 6 heteroatoms. The molecule has 4 nitrogen and oxygen atoms in total. The van der Waals surface area contributed by atoms with Crippen LogP contribution in [0.5, 0.6) is 0 Å². The number of urea groups is 1. The van der Waals surface area contributed by atoms with E-state index in [1.54, 1.807) is 6.92 Å². The Balaban J connectivity index is 1.91. The van der Waals surface area contributed by atoms with E-state index >= 15 is 0 Å². The number of ether oxygens (including phenoxy) is 1. The number of halogens is 2. The molecule has 0 bridgehead atoms. The van der Waals surface area contributed by atoms with Crippen LogP contribution in [0, 0.1) is 17.6 Å². The third-order valence-electron chi connectivity index (χ3n) is 3.62. The van der Waals surface area contributed by atoms with Crippen LogP contribution in [0.25, 0.3) is 0 Å². The predicted molar refractivity (Wildman–Crippen MR) is 74.9 cm³/mol. The topological polar surface area (TPSA) is 50.4 Å². The Bertz CT molecular complexity index is 491. The molecule has 0 aliphatic carbocycles. The molecule has 2 rings (SSSR count). The zero-order chi connectivity index (χ0) is 15.2. The molecule has 0 radical (unpaired) electrons. The summed E-state index contributed by atoms with van der Waals surface area (Å²) < 4.78 is 32.2. The van der Waals surface area contributed by atoms with Crippen LogP contribution in [0.4, 0.5) is 13.6 Å². The third-order valence-corrected chi connectivity index (χ3v) is 3.62. The smallest absolute Gasteiger partial charge is 0.315 e. The third kappa shape index (κ3) is 4.39. The van der Waals surface area contributed by atoms with Gasteiger partial charge in [-0.05, 0) is 31.0 Å².